The number of ether oxygens (including phenoxy) is 1. The van der Waals surface area contributed by atoms with Crippen LogP contribution in [-0.4, -0.2) is 48.5 Å². The second-order valence-electron chi connectivity index (χ2n) is 6.81. The van der Waals surface area contributed by atoms with Crippen molar-refractivity contribution in [1.29, 1.82) is 0 Å². The Morgan fingerprint density at radius 1 is 0.964 bits per heavy atom. The van der Waals surface area contributed by atoms with E-state index in [-0.39, 0.29) is 0 Å². The van der Waals surface area contributed by atoms with Crippen LogP contribution in [0.25, 0.3) is 0 Å². The zero-order valence-electron chi connectivity index (χ0n) is 16.2. The number of rotatable bonds is 5. The largest absolute Gasteiger partial charge is 0.497 e. The van der Waals surface area contributed by atoms with Gasteiger partial charge in [-0.2, -0.15) is 10.1 Å². The summed E-state index contributed by atoms with van der Waals surface area (Å²) in [5.74, 6) is 2.09. The molecule has 0 spiro atoms. The molecule has 1 aliphatic rings. The van der Waals surface area contributed by atoms with E-state index in [0.717, 1.165) is 43.4 Å². The third-order valence-electron chi connectivity index (χ3n) is 4.84. The molecule has 4 rings (SSSR count). The van der Waals surface area contributed by atoms with E-state index < -0.39 is 0 Å². The fraction of sp³-hybridized carbons (Fsp3) is 0.286. The van der Waals surface area contributed by atoms with Crippen LogP contribution in [0.5, 0.6) is 5.75 Å². The maximum absolute atomic E-state index is 5.26. The van der Waals surface area contributed by atoms with Gasteiger partial charge in [0.15, 0.2) is 5.82 Å². The summed E-state index contributed by atoms with van der Waals surface area (Å²) < 4.78 is 5.26. The van der Waals surface area contributed by atoms with Crippen molar-refractivity contribution in [1.82, 2.24) is 15.2 Å². The molecule has 28 heavy (non-hydrogen) atoms. The Labute approximate surface area is 165 Å². The van der Waals surface area contributed by atoms with Crippen LogP contribution >= 0.6 is 0 Å². The quantitative estimate of drug-likeness (QED) is 0.733. The van der Waals surface area contributed by atoms with Crippen molar-refractivity contribution in [2.45, 2.75) is 6.92 Å². The molecule has 0 aliphatic carbocycles. The van der Waals surface area contributed by atoms with Gasteiger partial charge in [-0.25, -0.2) is 0 Å². The van der Waals surface area contributed by atoms with Crippen LogP contribution in [0.1, 0.15) is 5.56 Å². The lowest BCUT2D eigenvalue weighted by atomic mass is 10.2. The third kappa shape index (κ3) is 4.14. The summed E-state index contributed by atoms with van der Waals surface area (Å²) in [6, 6.07) is 16.3. The van der Waals surface area contributed by atoms with Crippen LogP contribution < -0.4 is 19.9 Å². The Kier molecular flexibility index (Phi) is 5.23. The van der Waals surface area contributed by atoms with E-state index in [1.54, 1.807) is 13.3 Å². The lowest BCUT2D eigenvalue weighted by Crippen LogP contribution is -2.47. The molecule has 3 aromatic rings. The highest BCUT2D eigenvalue weighted by Gasteiger charge is 2.19. The van der Waals surface area contributed by atoms with Gasteiger partial charge in [-0.3, -0.25) is 0 Å². The Hall–Kier alpha value is -3.35. The smallest absolute Gasteiger partial charge is 0.249 e. The molecule has 0 radical (unpaired) electrons. The molecule has 0 unspecified atom stereocenters. The van der Waals surface area contributed by atoms with Gasteiger partial charge in [0.05, 0.1) is 13.3 Å². The van der Waals surface area contributed by atoms with Crippen molar-refractivity contribution in [2.24, 2.45) is 0 Å². The molecule has 0 amide bonds. The lowest BCUT2D eigenvalue weighted by molar-refractivity contribution is 0.415. The van der Waals surface area contributed by atoms with E-state index in [1.165, 1.54) is 11.3 Å². The second-order valence-corrected chi connectivity index (χ2v) is 6.81. The van der Waals surface area contributed by atoms with E-state index in [0.29, 0.717) is 5.95 Å². The summed E-state index contributed by atoms with van der Waals surface area (Å²) in [5.41, 5.74) is 3.43. The van der Waals surface area contributed by atoms with Gasteiger partial charge in [0.25, 0.3) is 0 Å². The maximum atomic E-state index is 5.26. The molecule has 7 nitrogen and oxygen atoms in total. The van der Waals surface area contributed by atoms with E-state index in [2.05, 4.69) is 61.5 Å². The molecular weight excluding hydrogens is 352 g/mol. The molecule has 1 aliphatic heterocycles. The minimum atomic E-state index is 0.479. The first-order valence-corrected chi connectivity index (χ1v) is 9.38. The standard InChI is InChI=1S/C21H24N6O/c1-16-5-3-7-18(13-16)26-9-11-27(12-10-26)20-15-22-25-21(24-20)23-17-6-4-8-19(14-17)28-2/h3-8,13-15H,9-12H2,1-2H3,(H,23,24,25). The first kappa shape index (κ1) is 18.0. The van der Waals surface area contributed by atoms with Crippen LogP contribution in [0, 0.1) is 6.92 Å². The molecule has 1 N–H and O–H groups in total. The normalized spacial score (nSPS) is 14.1. The molecule has 0 bridgehead atoms. The first-order valence-electron chi connectivity index (χ1n) is 9.38. The molecule has 7 heteroatoms. The minimum Gasteiger partial charge on any atom is -0.497 e. The number of nitrogens with zero attached hydrogens (tertiary/aromatic N) is 5. The van der Waals surface area contributed by atoms with Gasteiger partial charge < -0.3 is 19.9 Å². The summed E-state index contributed by atoms with van der Waals surface area (Å²) in [7, 11) is 1.65. The number of hydrogen-bond acceptors (Lipinski definition) is 7. The van der Waals surface area contributed by atoms with E-state index in [1.807, 2.05) is 24.3 Å². The Morgan fingerprint density at radius 3 is 2.54 bits per heavy atom. The van der Waals surface area contributed by atoms with Gasteiger partial charge >= 0.3 is 0 Å². The Bertz CT molecular complexity index is 939. The van der Waals surface area contributed by atoms with Crippen LogP contribution in [0.2, 0.25) is 0 Å². The molecule has 2 aromatic carbocycles. The number of nitrogens with one attached hydrogen (secondary N) is 1. The molecule has 0 atom stereocenters. The van der Waals surface area contributed by atoms with Gasteiger partial charge in [0.2, 0.25) is 5.95 Å². The summed E-state index contributed by atoms with van der Waals surface area (Å²) >= 11 is 0. The van der Waals surface area contributed by atoms with Crippen molar-refractivity contribution in [3.63, 3.8) is 0 Å². The molecule has 1 saturated heterocycles. The zero-order chi connectivity index (χ0) is 19.3. The highest BCUT2D eigenvalue weighted by Crippen LogP contribution is 2.22. The number of methoxy groups -OCH3 is 1. The Balaban J connectivity index is 1.42. The number of aromatic nitrogens is 3. The van der Waals surface area contributed by atoms with Crippen molar-refractivity contribution in [3.8, 4) is 5.75 Å². The minimum absolute atomic E-state index is 0.479. The number of anilines is 4. The average molecular weight is 376 g/mol. The summed E-state index contributed by atoms with van der Waals surface area (Å²) in [6.07, 6.45) is 1.72. The third-order valence-corrected chi connectivity index (χ3v) is 4.84. The van der Waals surface area contributed by atoms with Gasteiger partial charge in [-0.15, -0.1) is 5.10 Å². The predicted octanol–water partition coefficient (Wildman–Crippen LogP) is 3.26. The van der Waals surface area contributed by atoms with E-state index in [9.17, 15) is 0 Å². The van der Waals surface area contributed by atoms with Gasteiger partial charge in [-0.1, -0.05) is 18.2 Å². The molecule has 1 fully saturated rings. The lowest BCUT2D eigenvalue weighted by Gasteiger charge is -2.36. The number of hydrogen-bond donors (Lipinski definition) is 1. The predicted molar refractivity (Wildman–Crippen MR) is 112 cm³/mol. The molecule has 144 valence electrons. The summed E-state index contributed by atoms with van der Waals surface area (Å²) in [6.45, 7) is 5.82. The summed E-state index contributed by atoms with van der Waals surface area (Å²) in [4.78, 5) is 9.30. The van der Waals surface area contributed by atoms with E-state index >= 15 is 0 Å². The van der Waals surface area contributed by atoms with Crippen molar-refractivity contribution >= 4 is 23.1 Å². The topological polar surface area (TPSA) is 66.4 Å². The summed E-state index contributed by atoms with van der Waals surface area (Å²) in [5, 5.41) is 11.4. The fourth-order valence-electron chi connectivity index (χ4n) is 3.35. The van der Waals surface area contributed by atoms with Gasteiger partial charge in [0, 0.05) is 43.6 Å². The maximum Gasteiger partial charge on any atom is 0.249 e. The van der Waals surface area contributed by atoms with Gasteiger partial charge in [-0.05, 0) is 36.8 Å². The van der Waals surface area contributed by atoms with Crippen LogP contribution in [-0.2, 0) is 0 Å². The average Bonchev–Trinajstić information content (AvgIpc) is 2.74. The molecular formula is C21H24N6O. The zero-order valence-corrected chi connectivity index (χ0v) is 16.2. The van der Waals surface area contributed by atoms with E-state index in [4.69, 9.17) is 4.74 Å². The van der Waals surface area contributed by atoms with Crippen molar-refractivity contribution in [2.75, 3.05) is 48.4 Å². The molecule has 0 saturated carbocycles. The molecule has 1 aromatic heterocycles. The SMILES string of the molecule is COc1cccc(Nc2nncc(N3CCN(c4cccc(C)c4)CC3)n2)c1. The van der Waals surface area contributed by atoms with Crippen molar-refractivity contribution < 1.29 is 4.74 Å². The molecule has 2 heterocycles. The van der Waals surface area contributed by atoms with Gasteiger partial charge in [0.1, 0.15) is 5.75 Å². The van der Waals surface area contributed by atoms with Crippen LogP contribution in [0.15, 0.2) is 54.7 Å². The van der Waals surface area contributed by atoms with Crippen LogP contribution in [0.3, 0.4) is 0 Å². The van der Waals surface area contributed by atoms with Crippen molar-refractivity contribution in [3.05, 3.63) is 60.3 Å². The highest BCUT2D eigenvalue weighted by atomic mass is 16.5. The first-order chi connectivity index (χ1) is 13.7. The van der Waals surface area contributed by atoms with Crippen LogP contribution in [0.4, 0.5) is 23.1 Å². The highest BCUT2D eigenvalue weighted by molar-refractivity contribution is 5.57. The number of piperazine rings is 1. The fourth-order valence-corrected chi connectivity index (χ4v) is 3.35. The number of aryl methyl sites for hydroxylation is 1. The Morgan fingerprint density at radius 2 is 1.75 bits per heavy atom. The monoisotopic (exact) mass is 376 g/mol. The number of benzene rings is 2. The second kappa shape index (κ2) is 8.12.